The molecular weight excluding hydrogens is 392 g/mol. The fourth-order valence-electron chi connectivity index (χ4n) is 3.58. The topological polar surface area (TPSA) is 84.3 Å². The summed E-state index contributed by atoms with van der Waals surface area (Å²) in [5, 5.41) is 7.08. The number of benzene rings is 2. The van der Waals surface area contributed by atoms with Crippen molar-refractivity contribution in [1.82, 2.24) is 14.7 Å². The number of likely N-dealkylation sites (tertiary alicyclic amines) is 1. The fraction of sp³-hybridized carbons (Fsp3) is 0.250. The summed E-state index contributed by atoms with van der Waals surface area (Å²) >= 11 is 0. The number of aryl methyl sites for hydroxylation is 1. The zero-order chi connectivity index (χ0) is 21.8. The van der Waals surface area contributed by atoms with Crippen molar-refractivity contribution in [3.63, 3.8) is 0 Å². The van der Waals surface area contributed by atoms with Gasteiger partial charge in [0.25, 0.3) is 11.5 Å². The molecule has 1 fully saturated rings. The zero-order valence-corrected chi connectivity index (χ0v) is 17.4. The first-order valence-corrected chi connectivity index (χ1v) is 10.3. The van der Waals surface area contributed by atoms with Crippen LogP contribution in [-0.4, -0.2) is 39.6 Å². The molecule has 2 heterocycles. The largest absolute Gasteiger partial charge is 0.339 e. The number of carbonyl (C=O) groups is 2. The van der Waals surface area contributed by atoms with Gasteiger partial charge < -0.3 is 10.2 Å². The van der Waals surface area contributed by atoms with Crippen molar-refractivity contribution in [2.45, 2.75) is 26.3 Å². The average Bonchev–Trinajstić information content (AvgIpc) is 3.31. The van der Waals surface area contributed by atoms with Crippen molar-refractivity contribution in [2.75, 3.05) is 18.4 Å². The average molecular weight is 416 g/mol. The third kappa shape index (κ3) is 4.88. The molecule has 158 valence electrons. The van der Waals surface area contributed by atoms with E-state index in [2.05, 4.69) is 10.4 Å². The van der Waals surface area contributed by atoms with E-state index in [0.29, 0.717) is 16.9 Å². The second-order valence-corrected chi connectivity index (χ2v) is 7.71. The number of hydrogen-bond acceptors (Lipinski definition) is 4. The predicted octanol–water partition coefficient (Wildman–Crippen LogP) is 3.09. The van der Waals surface area contributed by atoms with Gasteiger partial charge >= 0.3 is 0 Å². The van der Waals surface area contributed by atoms with Crippen molar-refractivity contribution in [1.29, 1.82) is 0 Å². The molecule has 3 aromatic rings. The van der Waals surface area contributed by atoms with Crippen LogP contribution in [0, 0.1) is 6.92 Å². The summed E-state index contributed by atoms with van der Waals surface area (Å²) in [4.78, 5) is 38.9. The van der Waals surface area contributed by atoms with Crippen LogP contribution >= 0.6 is 0 Å². The molecule has 0 bridgehead atoms. The van der Waals surface area contributed by atoms with Gasteiger partial charge in [0.05, 0.1) is 5.69 Å². The lowest BCUT2D eigenvalue weighted by molar-refractivity contribution is -0.117. The molecule has 0 spiro atoms. The fourth-order valence-corrected chi connectivity index (χ4v) is 3.58. The Morgan fingerprint density at radius 3 is 2.29 bits per heavy atom. The maximum absolute atomic E-state index is 12.5. The molecule has 0 radical (unpaired) electrons. The molecule has 4 rings (SSSR count). The highest BCUT2D eigenvalue weighted by atomic mass is 16.2. The number of hydrogen-bond donors (Lipinski definition) is 1. The van der Waals surface area contributed by atoms with Gasteiger partial charge in [-0.1, -0.05) is 29.8 Å². The van der Waals surface area contributed by atoms with Gasteiger partial charge in [0.2, 0.25) is 5.91 Å². The van der Waals surface area contributed by atoms with Gasteiger partial charge in [-0.2, -0.15) is 5.10 Å². The van der Waals surface area contributed by atoms with Crippen LogP contribution in [0.2, 0.25) is 0 Å². The molecular formula is C24H24N4O3. The van der Waals surface area contributed by atoms with Crippen molar-refractivity contribution < 1.29 is 9.59 Å². The minimum absolute atomic E-state index is 0.0130. The summed E-state index contributed by atoms with van der Waals surface area (Å²) < 4.78 is 1.15. The van der Waals surface area contributed by atoms with Gasteiger partial charge in [0.15, 0.2) is 0 Å². The Kier molecular flexibility index (Phi) is 5.93. The van der Waals surface area contributed by atoms with Crippen LogP contribution in [0.1, 0.15) is 28.8 Å². The number of nitrogens with zero attached hydrogens (tertiary/aromatic N) is 3. The Bertz CT molecular complexity index is 1140. The molecule has 0 atom stereocenters. The van der Waals surface area contributed by atoms with E-state index in [4.69, 9.17) is 0 Å². The van der Waals surface area contributed by atoms with Gasteiger partial charge in [-0.3, -0.25) is 14.4 Å². The monoisotopic (exact) mass is 416 g/mol. The lowest BCUT2D eigenvalue weighted by atomic mass is 10.1. The van der Waals surface area contributed by atoms with Crippen LogP contribution in [0.5, 0.6) is 0 Å². The zero-order valence-electron chi connectivity index (χ0n) is 17.4. The summed E-state index contributed by atoms with van der Waals surface area (Å²) in [5.74, 6) is -0.353. The number of aromatic nitrogens is 2. The van der Waals surface area contributed by atoms with E-state index in [1.165, 1.54) is 6.07 Å². The molecule has 1 saturated heterocycles. The van der Waals surface area contributed by atoms with Crippen LogP contribution in [0.15, 0.2) is 65.5 Å². The Labute approximate surface area is 180 Å². The molecule has 31 heavy (non-hydrogen) atoms. The summed E-state index contributed by atoms with van der Waals surface area (Å²) in [6.07, 6.45) is 2.08. The van der Waals surface area contributed by atoms with E-state index in [-0.39, 0.29) is 23.9 Å². The first-order valence-electron chi connectivity index (χ1n) is 10.3. The van der Waals surface area contributed by atoms with Crippen molar-refractivity contribution in [3.05, 3.63) is 82.1 Å². The SMILES string of the molecule is Cc1ccc(-c2ccc(=O)n(CC(=O)Nc3ccc(C(=O)N4CCCC4)cc3)n2)cc1. The molecule has 2 amide bonds. The number of carbonyl (C=O) groups excluding carboxylic acids is 2. The number of nitrogens with one attached hydrogen (secondary N) is 1. The van der Waals surface area contributed by atoms with Crippen LogP contribution in [0.4, 0.5) is 5.69 Å². The lowest BCUT2D eigenvalue weighted by Crippen LogP contribution is -2.29. The minimum Gasteiger partial charge on any atom is -0.339 e. The maximum atomic E-state index is 12.5. The third-order valence-electron chi connectivity index (χ3n) is 5.32. The molecule has 0 saturated carbocycles. The Hall–Kier alpha value is -3.74. The molecule has 7 heteroatoms. The van der Waals surface area contributed by atoms with Gasteiger partial charge in [0.1, 0.15) is 6.54 Å². The highest BCUT2D eigenvalue weighted by Crippen LogP contribution is 2.17. The molecule has 1 aliphatic heterocycles. The Morgan fingerprint density at radius 1 is 0.935 bits per heavy atom. The number of amides is 2. The predicted molar refractivity (Wildman–Crippen MR) is 119 cm³/mol. The molecule has 2 aromatic carbocycles. The van der Waals surface area contributed by atoms with E-state index in [9.17, 15) is 14.4 Å². The summed E-state index contributed by atoms with van der Waals surface area (Å²) in [7, 11) is 0. The van der Waals surface area contributed by atoms with Gasteiger partial charge in [-0.15, -0.1) is 0 Å². The summed E-state index contributed by atoms with van der Waals surface area (Å²) in [6, 6.07) is 17.7. The van der Waals surface area contributed by atoms with E-state index in [0.717, 1.165) is 41.7 Å². The Balaban J connectivity index is 1.42. The molecule has 1 aromatic heterocycles. The van der Waals surface area contributed by atoms with Crippen LogP contribution in [-0.2, 0) is 11.3 Å². The Morgan fingerprint density at radius 2 is 1.61 bits per heavy atom. The van der Waals surface area contributed by atoms with Crippen LogP contribution in [0.25, 0.3) is 11.3 Å². The van der Waals surface area contributed by atoms with E-state index < -0.39 is 0 Å². The second-order valence-electron chi connectivity index (χ2n) is 7.71. The highest BCUT2D eigenvalue weighted by molar-refractivity contribution is 5.96. The highest BCUT2D eigenvalue weighted by Gasteiger charge is 2.19. The first kappa shape index (κ1) is 20.5. The summed E-state index contributed by atoms with van der Waals surface area (Å²) in [6.45, 7) is 3.38. The van der Waals surface area contributed by atoms with Gasteiger partial charge in [-0.05, 0) is 50.1 Å². The van der Waals surface area contributed by atoms with Crippen LogP contribution in [0.3, 0.4) is 0 Å². The molecule has 1 aliphatic rings. The van der Waals surface area contributed by atoms with Crippen LogP contribution < -0.4 is 10.9 Å². The molecule has 0 unspecified atom stereocenters. The quantitative estimate of drug-likeness (QED) is 0.693. The van der Waals surface area contributed by atoms with E-state index in [1.807, 2.05) is 36.1 Å². The normalized spacial score (nSPS) is 13.3. The van der Waals surface area contributed by atoms with Crippen molar-refractivity contribution in [3.8, 4) is 11.3 Å². The smallest absolute Gasteiger partial charge is 0.267 e. The van der Waals surface area contributed by atoms with Crippen molar-refractivity contribution in [2.24, 2.45) is 0 Å². The van der Waals surface area contributed by atoms with Gasteiger partial charge in [-0.25, -0.2) is 4.68 Å². The number of anilines is 1. The summed E-state index contributed by atoms with van der Waals surface area (Å²) in [5.41, 5.74) is 3.44. The van der Waals surface area contributed by atoms with E-state index >= 15 is 0 Å². The van der Waals surface area contributed by atoms with Crippen molar-refractivity contribution >= 4 is 17.5 Å². The minimum atomic E-state index is -0.366. The second kappa shape index (κ2) is 8.95. The first-order chi connectivity index (χ1) is 15.0. The number of rotatable bonds is 5. The molecule has 1 N–H and O–H groups in total. The maximum Gasteiger partial charge on any atom is 0.267 e. The van der Waals surface area contributed by atoms with E-state index in [1.54, 1.807) is 30.3 Å². The van der Waals surface area contributed by atoms with Gasteiger partial charge in [0, 0.05) is 36.0 Å². The lowest BCUT2D eigenvalue weighted by Gasteiger charge is -2.15. The third-order valence-corrected chi connectivity index (χ3v) is 5.32. The molecule has 7 nitrogen and oxygen atoms in total. The molecule has 0 aliphatic carbocycles. The standard InChI is InChI=1S/C24H24N4O3/c1-17-4-6-18(7-5-17)21-12-13-23(30)28(26-21)16-22(29)25-20-10-8-19(9-11-20)24(31)27-14-2-3-15-27/h4-13H,2-3,14-16H2,1H3,(H,25,29).